The third-order valence-corrected chi connectivity index (χ3v) is 6.07. The van der Waals surface area contributed by atoms with Crippen LogP contribution in [0.4, 0.5) is 79.0 Å². The fourth-order valence-electron chi connectivity index (χ4n) is 3.46. The van der Waals surface area contributed by atoms with Crippen LogP contribution in [-0.4, -0.2) is 72.0 Å². The maximum Gasteiger partial charge on any atom is 0.460 e. The standard InChI is InChI=1S/C24H26F18O4/c1-3-5-7-13(11-17(25,26)19(29,30)21(33,34)23(37,38)39)45-15(43)9-10-16(44)46-14(8-6-4-2)12-18(27,28)20(31,32)22(35,36)24(40,41)42/h9-10,13-14H,3-8,11-12H2,1-2H3/b10-9+. The van der Waals surface area contributed by atoms with E-state index >= 15 is 0 Å². The van der Waals surface area contributed by atoms with Crippen LogP contribution >= 0.6 is 0 Å². The molecular formula is C24H26F18O4. The van der Waals surface area contributed by atoms with Crippen LogP contribution in [0.3, 0.4) is 0 Å². The summed E-state index contributed by atoms with van der Waals surface area (Å²) in [5.41, 5.74) is 0. The van der Waals surface area contributed by atoms with Gasteiger partial charge in [-0.05, 0) is 12.8 Å². The molecule has 0 N–H and O–H groups in total. The van der Waals surface area contributed by atoms with E-state index in [0.717, 1.165) is 0 Å². The van der Waals surface area contributed by atoms with Crippen molar-refractivity contribution in [1.29, 1.82) is 0 Å². The van der Waals surface area contributed by atoms with Gasteiger partial charge in [0.2, 0.25) is 0 Å². The van der Waals surface area contributed by atoms with E-state index in [0.29, 0.717) is 0 Å². The number of carbonyl (C=O) groups excluding carboxylic acids is 2. The summed E-state index contributed by atoms with van der Waals surface area (Å²) < 4.78 is 246. The Morgan fingerprint density at radius 3 is 0.978 bits per heavy atom. The number of unbranched alkanes of at least 4 members (excludes halogenated alkanes) is 2. The van der Waals surface area contributed by atoms with Crippen molar-refractivity contribution >= 4 is 11.9 Å². The van der Waals surface area contributed by atoms with Crippen LogP contribution in [0, 0.1) is 0 Å². The smallest absolute Gasteiger partial charge is 0.459 e. The zero-order chi connectivity index (χ0) is 36.8. The van der Waals surface area contributed by atoms with Gasteiger partial charge in [0, 0.05) is 12.2 Å². The van der Waals surface area contributed by atoms with Gasteiger partial charge in [-0.25, -0.2) is 9.59 Å². The molecule has 0 amide bonds. The average molecular weight is 720 g/mol. The van der Waals surface area contributed by atoms with E-state index in [4.69, 9.17) is 0 Å². The molecule has 4 nitrogen and oxygen atoms in total. The van der Waals surface area contributed by atoms with E-state index in [1.807, 2.05) is 0 Å². The molecular weight excluding hydrogens is 694 g/mol. The van der Waals surface area contributed by atoms with Gasteiger partial charge < -0.3 is 9.47 Å². The maximum atomic E-state index is 14.0. The van der Waals surface area contributed by atoms with Crippen LogP contribution in [0.15, 0.2) is 12.2 Å². The monoisotopic (exact) mass is 720 g/mol. The molecule has 22 heteroatoms. The number of rotatable bonds is 18. The van der Waals surface area contributed by atoms with Gasteiger partial charge in [-0.1, -0.05) is 39.5 Å². The number of alkyl halides is 18. The second kappa shape index (κ2) is 15.1. The third kappa shape index (κ3) is 9.96. The number of ether oxygens (including phenoxy) is 2. The highest BCUT2D eigenvalue weighted by atomic mass is 19.4. The lowest BCUT2D eigenvalue weighted by Gasteiger charge is -2.35. The van der Waals surface area contributed by atoms with Crippen molar-refractivity contribution in [3.05, 3.63) is 12.2 Å². The largest absolute Gasteiger partial charge is 0.460 e. The van der Waals surface area contributed by atoms with E-state index in [9.17, 15) is 88.6 Å². The van der Waals surface area contributed by atoms with E-state index in [2.05, 4.69) is 9.47 Å². The molecule has 0 radical (unpaired) electrons. The molecule has 0 aliphatic rings. The minimum atomic E-state index is -7.25. The second-order valence-corrected chi connectivity index (χ2v) is 9.85. The Kier molecular flexibility index (Phi) is 14.3. The zero-order valence-corrected chi connectivity index (χ0v) is 23.4. The number of hydrogen-bond donors (Lipinski definition) is 0. The molecule has 0 heterocycles. The first-order valence-corrected chi connectivity index (χ1v) is 12.9. The molecule has 272 valence electrons. The molecule has 0 saturated carbocycles. The van der Waals surface area contributed by atoms with Gasteiger partial charge in [0.05, 0.1) is 12.8 Å². The Labute approximate surface area is 248 Å². The molecule has 0 saturated heterocycles. The first-order chi connectivity index (χ1) is 20.4. The Morgan fingerprint density at radius 1 is 0.500 bits per heavy atom. The Morgan fingerprint density at radius 2 is 0.761 bits per heavy atom. The number of hydrogen-bond acceptors (Lipinski definition) is 4. The molecule has 0 aromatic heterocycles. The highest BCUT2D eigenvalue weighted by Gasteiger charge is 2.82. The van der Waals surface area contributed by atoms with Crippen LogP contribution in [-0.2, 0) is 19.1 Å². The fourth-order valence-corrected chi connectivity index (χ4v) is 3.46. The van der Waals surface area contributed by atoms with Crippen molar-refractivity contribution in [3.8, 4) is 0 Å². The van der Waals surface area contributed by atoms with E-state index < -0.39 is 97.7 Å². The number of carbonyl (C=O) groups is 2. The first-order valence-electron chi connectivity index (χ1n) is 12.9. The summed E-state index contributed by atoms with van der Waals surface area (Å²) in [4.78, 5) is 23.9. The molecule has 46 heavy (non-hydrogen) atoms. The topological polar surface area (TPSA) is 52.6 Å². The summed E-state index contributed by atoms with van der Waals surface area (Å²) in [6.45, 7) is 2.72. The van der Waals surface area contributed by atoms with Crippen LogP contribution in [0.1, 0.15) is 65.2 Å². The predicted octanol–water partition coefficient (Wildman–Crippen LogP) is 9.46. The summed E-state index contributed by atoms with van der Waals surface area (Å²) in [6.07, 6.45) is -26.7. The number of esters is 2. The summed E-state index contributed by atoms with van der Waals surface area (Å²) in [7, 11) is 0. The Balaban J connectivity index is 5.89. The van der Waals surface area contributed by atoms with Crippen molar-refractivity contribution in [1.82, 2.24) is 0 Å². The van der Waals surface area contributed by atoms with Crippen molar-refractivity contribution in [2.75, 3.05) is 0 Å². The van der Waals surface area contributed by atoms with E-state index in [1.165, 1.54) is 13.8 Å². The van der Waals surface area contributed by atoms with Gasteiger partial charge >= 0.3 is 59.8 Å². The molecule has 0 rings (SSSR count). The van der Waals surface area contributed by atoms with Gasteiger partial charge in [-0.2, -0.15) is 79.0 Å². The van der Waals surface area contributed by atoms with Gasteiger partial charge in [-0.3, -0.25) is 0 Å². The molecule has 2 atom stereocenters. The molecule has 0 aromatic rings. The van der Waals surface area contributed by atoms with Gasteiger partial charge in [0.15, 0.2) is 0 Å². The summed E-state index contributed by atoms with van der Waals surface area (Å²) in [6, 6.07) is 0. The highest BCUT2D eigenvalue weighted by Crippen LogP contribution is 2.56. The van der Waals surface area contributed by atoms with Crippen LogP contribution < -0.4 is 0 Å². The Bertz CT molecular complexity index is 953. The molecule has 0 bridgehead atoms. The van der Waals surface area contributed by atoms with Gasteiger partial charge in [0.1, 0.15) is 12.2 Å². The molecule has 0 aromatic carbocycles. The second-order valence-electron chi connectivity index (χ2n) is 9.85. The van der Waals surface area contributed by atoms with Crippen molar-refractivity contribution in [3.63, 3.8) is 0 Å². The SMILES string of the molecule is CCCCC(CC(F)(F)C(F)(F)C(F)(F)C(F)(F)F)OC(=O)/C=C/C(=O)OC(CCCC)CC(F)(F)C(F)(F)C(F)(F)C(F)(F)F. The lowest BCUT2D eigenvalue weighted by Crippen LogP contribution is -2.61. The molecule has 0 aliphatic carbocycles. The molecule has 0 fully saturated rings. The van der Waals surface area contributed by atoms with Crippen molar-refractivity contribution in [2.24, 2.45) is 0 Å². The maximum absolute atomic E-state index is 14.0. The van der Waals surface area contributed by atoms with Crippen molar-refractivity contribution < 1.29 is 98.1 Å². The van der Waals surface area contributed by atoms with Crippen molar-refractivity contribution in [2.45, 2.75) is 125 Å². The Hall–Kier alpha value is -2.58. The van der Waals surface area contributed by atoms with E-state index in [-0.39, 0.29) is 37.8 Å². The summed E-state index contributed by atoms with van der Waals surface area (Å²) in [5.74, 6) is -44.8. The summed E-state index contributed by atoms with van der Waals surface area (Å²) >= 11 is 0. The van der Waals surface area contributed by atoms with Crippen LogP contribution in [0.2, 0.25) is 0 Å². The van der Waals surface area contributed by atoms with Crippen LogP contribution in [0.5, 0.6) is 0 Å². The lowest BCUT2D eigenvalue weighted by molar-refractivity contribution is -0.398. The van der Waals surface area contributed by atoms with Crippen LogP contribution in [0.25, 0.3) is 0 Å². The predicted molar refractivity (Wildman–Crippen MR) is 119 cm³/mol. The fraction of sp³-hybridized carbons (Fsp3) is 0.833. The quantitative estimate of drug-likeness (QED) is 0.0805. The number of halogens is 18. The normalized spacial score (nSPS) is 16.0. The van der Waals surface area contributed by atoms with Gasteiger partial charge in [0.25, 0.3) is 0 Å². The molecule has 2 unspecified atom stereocenters. The minimum Gasteiger partial charge on any atom is -0.459 e. The first kappa shape index (κ1) is 43.4. The van der Waals surface area contributed by atoms with Gasteiger partial charge in [-0.15, -0.1) is 0 Å². The average Bonchev–Trinajstić information content (AvgIpc) is 2.87. The lowest BCUT2D eigenvalue weighted by atomic mass is 9.96. The summed E-state index contributed by atoms with van der Waals surface area (Å²) in [5, 5.41) is 0. The van der Waals surface area contributed by atoms with E-state index in [1.54, 1.807) is 0 Å². The molecule has 0 aliphatic heterocycles. The third-order valence-electron chi connectivity index (χ3n) is 6.07. The zero-order valence-electron chi connectivity index (χ0n) is 23.4. The highest BCUT2D eigenvalue weighted by molar-refractivity contribution is 5.91. The molecule has 0 spiro atoms. The minimum absolute atomic E-state index is 0.0502.